The first-order valence-electron chi connectivity index (χ1n) is 7.73. The van der Waals surface area contributed by atoms with Crippen LogP contribution < -0.4 is 0 Å². The summed E-state index contributed by atoms with van der Waals surface area (Å²) in [5.41, 5.74) is 1.72. The van der Waals surface area contributed by atoms with Gasteiger partial charge in [0.05, 0.1) is 0 Å². The molecule has 0 saturated carbocycles. The van der Waals surface area contributed by atoms with Crippen molar-refractivity contribution in [3.05, 3.63) is 60.1 Å². The summed E-state index contributed by atoms with van der Waals surface area (Å²) in [7, 11) is 0. The summed E-state index contributed by atoms with van der Waals surface area (Å²) < 4.78 is 5.25. The Morgan fingerprint density at radius 2 is 2.04 bits per heavy atom. The second kappa shape index (κ2) is 6.19. The molecule has 3 heterocycles. The standard InChI is InChI=1S/C17H15N5O2/c23-16-9-13(12-5-2-1-3-6-12)10-22(16)11-15-19-17(21-24-15)14-7-4-8-18-20-14/h1-8,13H,9-11H2/t13-/m1/s1. The van der Waals surface area contributed by atoms with Crippen molar-refractivity contribution in [1.29, 1.82) is 0 Å². The van der Waals surface area contributed by atoms with Gasteiger partial charge in [-0.05, 0) is 17.7 Å². The van der Waals surface area contributed by atoms with Crippen LogP contribution in [0.25, 0.3) is 11.5 Å². The van der Waals surface area contributed by atoms with Crippen molar-refractivity contribution in [1.82, 2.24) is 25.2 Å². The van der Waals surface area contributed by atoms with Crippen LogP contribution in [0.5, 0.6) is 0 Å². The van der Waals surface area contributed by atoms with Gasteiger partial charge >= 0.3 is 0 Å². The molecule has 1 atom stereocenters. The highest BCUT2D eigenvalue weighted by Crippen LogP contribution is 2.29. The molecule has 0 unspecified atom stereocenters. The molecule has 0 spiro atoms. The Balaban J connectivity index is 1.46. The van der Waals surface area contributed by atoms with E-state index in [9.17, 15) is 4.79 Å². The number of amides is 1. The maximum Gasteiger partial charge on any atom is 0.246 e. The summed E-state index contributed by atoms with van der Waals surface area (Å²) in [5, 5.41) is 11.6. The van der Waals surface area contributed by atoms with Crippen LogP contribution in [0, 0.1) is 0 Å². The summed E-state index contributed by atoms with van der Waals surface area (Å²) >= 11 is 0. The lowest BCUT2D eigenvalue weighted by molar-refractivity contribution is -0.128. The molecule has 0 N–H and O–H groups in total. The van der Waals surface area contributed by atoms with Crippen molar-refractivity contribution in [3.63, 3.8) is 0 Å². The molecule has 1 fully saturated rings. The molecule has 1 aliphatic rings. The molecule has 120 valence electrons. The third-order valence-electron chi connectivity index (χ3n) is 4.08. The fourth-order valence-electron chi connectivity index (χ4n) is 2.88. The van der Waals surface area contributed by atoms with Gasteiger partial charge in [0.1, 0.15) is 12.2 Å². The van der Waals surface area contributed by atoms with Gasteiger partial charge in [-0.1, -0.05) is 35.5 Å². The topological polar surface area (TPSA) is 85.0 Å². The van der Waals surface area contributed by atoms with E-state index in [0.717, 1.165) is 0 Å². The molecular weight excluding hydrogens is 306 g/mol. The van der Waals surface area contributed by atoms with Crippen molar-refractivity contribution in [2.45, 2.75) is 18.9 Å². The van der Waals surface area contributed by atoms with E-state index in [1.54, 1.807) is 23.2 Å². The van der Waals surface area contributed by atoms with Crippen molar-refractivity contribution < 1.29 is 9.32 Å². The van der Waals surface area contributed by atoms with Crippen LogP contribution in [0.3, 0.4) is 0 Å². The van der Waals surface area contributed by atoms with E-state index >= 15 is 0 Å². The number of rotatable bonds is 4. The zero-order valence-electron chi connectivity index (χ0n) is 12.9. The van der Waals surface area contributed by atoms with Gasteiger partial charge in [-0.25, -0.2) is 0 Å². The van der Waals surface area contributed by atoms with Gasteiger partial charge in [0.15, 0.2) is 0 Å². The number of hydrogen-bond donors (Lipinski definition) is 0. The molecule has 4 rings (SSSR count). The maximum atomic E-state index is 12.3. The van der Waals surface area contributed by atoms with Gasteiger partial charge in [-0.15, -0.1) is 5.10 Å². The third kappa shape index (κ3) is 2.88. The highest BCUT2D eigenvalue weighted by atomic mass is 16.5. The van der Waals surface area contributed by atoms with Crippen LogP contribution in [0.4, 0.5) is 0 Å². The number of carbonyl (C=O) groups is 1. The summed E-state index contributed by atoms with van der Waals surface area (Å²) in [4.78, 5) is 18.3. The summed E-state index contributed by atoms with van der Waals surface area (Å²) in [5.74, 6) is 1.09. The van der Waals surface area contributed by atoms with E-state index in [1.165, 1.54) is 5.56 Å². The summed E-state index contributed by atoms with van der Waals surface area (Å²) in [6.07, 6.45) is 2.09. The Bertz CT molecular complexity index is 834. The number of likely N-dealkylation sites (tertiary alicyclic amines) is 1. The molecule has 0 aliphatic carbocycles. The Morgan fingerprint density at radius 3 is 2.83 bits per heavy atom. The molecule has 1 amide bonds. The van der Waals surface area contributed by atoms with Crippen LogP contribution in [-0.2, 0) is 11.3 Å². The smallest absolute Gasteiger partial charge is 0.246 e. The number of hydrogen-bond acceptors (Lipinski definition) is 6. The number of carbonyl (C=O) groups excluding carboxylic acids is 1. The fraction of sp³-hybridized carbons (Fsp3) is 0.235. The van der Waals surface area contributed by atoms with E-state index in [4.69, 9.17) is 4.52 Å². The summed E-state index contributed by atoms with van der Waals surface area (Å²) in [6.45, 7) is 0.973. The zero-order chi connectivity index (χ0) is 16.4. The Labute approximate surface area is 138 Å². The Hall–Kier alpha value is -3.09. The molecular formula is C17H15N5O2. The molecule has 3 aromatic rings. The lowest BCUT2D eigenvalue weighted by Crippen LogP contribution is -2.24. The van der Waals surface area contributed by atoms with Crippen LogP contribution in [0.15, 0.2) is 53.2 Å². The number of nitrogens with zero attached hydrogens (tertiary/aromatic N) is 5. The van der Waals surface area contributed by atoms with Crippen molar-refractivity contribution >= 4 is 5.91 Å². The third-order valence-corrected chi connectivity index (χ3v) is 4.08. The molecule has 7 nitrogen and oxygen atoms in total. The summed E-state index contributed by atoms with van der Waals surface area (Å²) in [6, 6.07) is 13.6. The van der Waals surface area contributed by atoms with E-state index in [1.807, 2.05) is 18.2 Å². The van der Waals surface area contributed by atoms with Gasteiger partial charge < -0.3 is 9.42 Å². The molecule has 2 aromatic heterocycles. The second-order valence-electron chi connectivity index (χ2n) is 5.71. The minimum atomic E-state index is 0.100. The first kappa shape index (κ1) is 14.5. The first-order valence-corrected chi connectivity index (χ1v) is 7.73. The minimum Gasteiger partial charge on any atom is -0.337 e. The quantitative estimate of drug-likeness (QED) is 0.731. The lowest BCUT2D eigenvalue weighted by Gasteiger charge is -2.14. The molecule has 0 bridgehead atoms. The predicted octanol–water partition coefficient (Wildman–Crippen LogP) is 2.04. The molecule has 1 aromatic carbocycles. The molecule has 24 heavy (non-hydrogen) atoms. The normalized spacial score (nSPS) is 17.4. The van der Waals surface area contributed by atoms with Crippen LogP contribution in [0.2, 0.25) is 0 Å². The molecule has 1 aliphatic heterocycles. The van der Waals surface area contributed by atoms with E-state index < -0.39 is 0 Å². The van der Waals surface area contributed by atoms with E-state index in [-0.39, 0.29) is 11.8 Å². The average Bonchev–Trinajstić information content (AvgIpc) is 3.24. The van der Waals surface area contributed by atoms with Crippen molar-refractivity contribution in [2.24, 2.45) is 0 Å². The first-order chi connectivity index (χ1) is 11.8. The maximum absolute atomic E-state index is 12.3. The number of benzene rings is 1. The van der Waals surface area contributed by atoms with Gasteiger partial charge in [0, 0.05) is 25.1 Å². The molecule has 1 saturated heterocycles. The Kier molecular flexibility index (Phi) is 3.74. The highest BCUT2D eigenvalue weighted by Gasteiger charge is 2.31. The molecule has 7 heteroatoms. The fourth-order valence-corrected chi connectivity index (χ4v) is 2.88. The monoisotopic (exact) mass is 321 g/mol. The van der Waals surface area contributed by atoms with Crippen LogP contribution in [-0.4, -0.2) is 37.7 Å². The van der Waals surface area contributed by atoms with E-state index in [0.29, 0.717) is 36.9 Å². The van der Waals surface area contributed by atoms with Gasteiger partial charge in [0.25, 0.3) is 0 Å². The lowest BCUT2D eigenvalue weighted by atomic mass is 9.99. The van der Waals surface area contributed by atoms with Gasteiger partial charge in [-0.2, -0.15) is 10.1 Å². The van der Waals surface area contributed by atoms with Gasteiger partial charge in [-0.3, -0.25) is 4.79 Å². The predicted molar refractivity (Wildman–Crippen MR) is 84.5 cm³/mol. The van der Waals surface area contributed by atoms with Crippen LogP contribution in [0.1, 0.15) is 23.8 Å². The van der Waals surface area contributed by atoms with Crippen molar-refractivity contribution in [3.8, 4) is 11.5 Å². The average molecular weight is 321 g/mol. The zero-order valence-corrected chi connectivity index (χ0v) is 12.9. The second-order valence-corrected chi connectivity index (χ2v) is 5.71. The van der Waals surface area contributed by atoms with Gasteiger partial charge in [0.2, 0.25) is 17.6 Å². The minimum absolute atomic E-state index is 0.100. The Morgan fingerprint density at radius 1 is 1.17 bits per heavy atom. The van der Waals surface area contributed by atoms with Crippen molar-refractivity contribution in [2.75, 3.05) is 6.54 Å². The number of aromatic nitrogens is 4. The molecule has 0 radical (unpaired) electrons. The van der Waals surface area contributed by atoms with E-state index in [2.05, 4.69) is 32.5 Å². The van der Waals surface area contributed by atoms with Crippen LogP contribution >= 0.6 is 0 Å². The highest BCUT2D eigenvalue weighted by molar-refractivity contribution is 5.79. The SMILES string of the molecule is O=C1C[C@@H](c2ccccc2)CN1Cc1nc(-c2cccnn2)no1. The largest absolute Gasteiger partial charge is 0.337 e.